The highest BCUT2D eigenvalue weighted by atomic mass is 16.5. The summed E-state index contributed by atoms with van der Waals surface area (Å²) in [6.45, 7) is 7.27. The summed E-state index contributed by atoms with van der Waals surface area (Å²) in [5, 5.41) is 7.88. The minimum atomic E-state index is -0.126. The lowest BCUT2D eigenvalue weighted by Gasteiger charge is -2.27. The van der Waals surface area contributed by atoms with Gasteiger partial charge in [0, 0.05) is 24.2 Å². The van der Waals surface area contributed by atoms with Crippen molar-refractivity contribution in [1.29, 1.82) is 0 Å². The summed E-state index contributed by atoms with van der Waals surface area (Å²) in [6.07, 6.45) is 0. The van der Waals surface area contributed by atoms with E-state index in [0.717, 1.165) is 5.69 Å². The van der Waals surface area contributed by atoms with E-state index in [-0.39, 0.29) is 11.3 Å². The molecule has 1 aromatic carbocycles. The molecule has 0 saturated carbocycles. The first kappa shape index (κ1) is 15.5. The summed E-state index contributed by atoms with van der Waals surface area (Å²) in [7, 11) is 1.52. The third kappa shape index (κ3) is 2.79. The maximum absolute atomic E-state index is 12.9. The van der Waals surface area contributed by atoms with Crippen LogP contribution in [-0.2, 0) is 0 Å². The average Bonchev–Trinajstić information content (AvgIpc) is 2.94. The van der Waals surface area contributed by atoms with E-state index in [1.807, 2.05) is 23.1 Å². The van der Waals surface area contributed by atoms with E-state index in [1.165, 1.54) is 12.7 Å². The van der Waals surface area contributed by atoms with Crippen molar-refractivity contribution >= 4 is 11.6 Å². The Kier molecular flexibility index (Phi) is 3.80. The summed E-state index contributed by atoms with van der Waals surface area (Å²) in [6, 6.07) is 11.4. The Morgan fingerprint density at radius 2 is 1.91 bits per heavy atom. The molecule has 5 nitrogen and oxygen atoms in total. The molecular formula is C18H21N3O2. The van der Waals surface area contributed by atoms with Crippen molar-refractivity contribution in [2.24, 2.45) is 5.41 Å². The molecule has 2 aromatic rings. The standard InChI is InChI=1S/C18H21N3O2/c1-18(2,3)13-11-21(15-8-6-5-7-12(13)15)17(22)14-9-10-16(23-4)20-19-14/h5-10,13H,11H2,1-4H3/t13-/m1/s1. The van der Waals surface area contributed by atoms with Gasteiger partial charge in [-0.3, -0.25) is 4.79 Å². The van der Waals surface area contributed by atoms with Gasteiger partial charge in [0.2, 0.25) is 5.88 Å². The molecule has 120 valence electrons. The molecule has 1 amide bonds. The van der Waals surface area contributed by atoms with Crippen LogP contribution in [-0.4, -0.2) is 29.8 Å². The third-order valence-electron chi connectivity index (χ3n) is 4.33. The number of benzene rings is 1. The van der Waals surface area contributed by atoms with Crippen molar-refractivity contribution in [1.82, 2.24) is 10.2 Å². The van der Waals surface area contributed by atoms with Crippen LogP contribution in [0.1, 0.15) is 42.7 Å². The molecule has 0 N–H and O–H groups in total. The van der Waals surface area contributed by atoms with Gasteiger partial charge in [-0.1, -0.05) is 39.0 Å². The Labute approximate surface area is 136 Å². The van der Waals surface area contributed by atoms with Gasteiger partial charge >= 0.3 is 0 Å². The van der Waals surface area contributed by atoms with Gasteiger partial charge in [0.1, 0.15) is 0 Å². The smallest absolute Gasteiger partial charge is 0.278 e. The highest BCUT2D eigenvalue weighted by Gasteiger charge is 2.39. The minimum Gasteiger partial charge on any atom is -0.480 e. The molecule has 1 aromatic heterocycles. The lowest BCUT2D eigenvalue weighted by Crippen LogP contribution is -2.33. The second kappa shape index (κ2) is 5.65. The molecule has 0 spiro atoms. The van der Waals surface area contributed by atoms with Gasteiger partial charge < -0.3 is 9.64 Å². The fourth-order valence-corrected chi connectivity index (χ4v) is 3.02. The van der Waals surface area contributed by atoms with E-state index in [2.05, 4.69) is 37.0 Å². The number of methoxy groups -OCH3 is 1. The van der Waals surface area contributed by atoms with Crippen LogP contribution in [0.5, 0.6) is 5.88 Å². The first-order valence-electron chi connectivity index (χ1n) is 7.70. The molecule has 0 radical (unpaired) electrons. The van der Waals surface area contributed by atoms with E-state index < -0.39 is 0 Å². The Bertz CT molecular complexity index is 720. The number of hydrogen-bond acceptors (Lipinski definition) is 4. The third-order valence-corrected chi connectivity index (χ3v) is 4.33. The summed E-state index contributed by atoms with van der Waals surface area (Å²) >= 11 is 0. The highest BCUT2D eigenvalue weighted by Crippen LogP contribution is 2.45. The molecule has 0 saturated heterocycles. The van der Waals surface area contributed by atoms with Gasteiger partial charge in [-0.05, 0) is 23.1 Å². The number of fused-ring (bicyclic) bond motifs is 1. The van der Waals surface area contributed by atoms with E-state index in [1.54, 1.807) is 12.1 Å². The maximum atomic E-state index is 12.9. The van der Waals surface area contributed by atoms with Gasteiger partial charge in [0.25, 0.3) is 5.91 Å². The molecule has 2 heterocycles. The van der Waals surface area contributed by atoms with E-state index >= 15 is 0 Å². The summed E-state index contributed by atoms with van der Waals surface area (Å²) in [5.41, 5.74) is 2.59. The quantitative estimate of drug-likeness (QED) is 0.854. The van der Waals surface area contributed by atoms with Gasteiger partial charge in [-0.25, -0.2) is 0 Å². The molecule has 23 heavy (non-hydrogen) atoms. The molecule has 3 rings (SSSR count). The predicted molar refractivity (Wildman–Crippen MR) is 88.9 cm³/mol. The second-order valence-electron chi connectivity index (χ2n) is 6.85. The maximum Gasteiger partial charge on any atom is 0.278 e. The minimum absolute atomic E-state index is 0.0801. The van der Waals surface area contributed by atoms with Crippen LogP contribution in [0.25, 0.3) is 0 Å². The van der Waals surface area contributed by atoms with E-state index in [4.69, 9.17) is 4.74 Å². The predicted octanol–water partition coefficient (Wildman–Crippen LogP) is 3.28. The fraction of sp³-hybridized carbons (Fsp3) is 0.389. The zero-order chi connectivity index (χ0) is 16.6. The van der Waals surface area contributed by atoms with Gasteiger partial charge in [0.15, 0.2) is 5.69 Å². The lowest BCUT2D eigenvalue weighted by atomic mass is 9.78. The highest BCUT2D eigenvalue weighted by molar-refractivity contribution is 6.06. The molecule has 1 aliphatic rings. The number of hydrogen-bond donors (Lipinski definition) is 0. The Balaban J connectivity index is 1.95. The Hall–Kier alpha value is -2.43. The molecule has 0 aliphatic carbocycles. The van der Waals surface area contributed by atoms with Crippen molar-refractivity contribution in [3.05, 3.63) is 47.7 Å². The topological polar surface area (TPSA) is 55.3 Å². The number of amides is 1. The monoisotopic (exact) mass is 311 g/mol. The van der Waals surface area contributed by atoms with Crippen LogP contribution >= 0.6 is 0 Å². The molecule has 0 fully saturated rings. The van der Waals surface area contributed by atoms with Crippen molar-refractivity contribution in [3.63, 3.8) is 0 Å². The molecule has 1 atom stereocenters. The molecule has 0 bridgehead atoms. The van der Waals surface area contributed by atoms with Crippen LogP contribution in [0.3, 0.4) is 0 Å². The van der Waals surface area contributed by atoms with Crippen LogP contribution in [0.2, 0.25) is 0 Å². The van der Waals surface area contributed by atoms with E-state index in [9.17, 15) is 4.79 Å². The van der Waals surface area contributed by atoms with Crippen LogP contribution < -0.4 is 9.64 Å². The number of ether oxygens (including phenoxy) is 1. The number of carbonyl (C=O) groups is 1. The Morgan fingerprint density at radius 3 is 2.52 bits per heavy atom. The Morgan fingerprint density at radius 1 is 1.17 bits per heavy atom. The number of carbonyl (C=O) groups excluding carboxylic acids is 1. The van der Waals surface area contributed by atoms with Crippen molar-refractivity contribution in [2.75, 3.05) is 18.6 Å². The number of nitrogens with zero attached hydrogens (tertiary/aromatic N) is 3. The van der Waals surface area contributed by atoms with E-state index in [0.29, 0.717) is 24.0 Å². The number of anilines is 1. The van der Waals surface area contributed by atoms with Crippen LogP contribution in [0.4, 0.5) is 5.69 Å². The zero-order valence-electron chi connectivity index (χ0n) is 13.9. The van der Waals surface area contributed by atoms with Crippen molar-refractivity contribution < 1.29 is 9.53 Å². The normalized spacial score (nSPS) is 17.0. The molecule has 1 aliphatic heterocycles. The molecular weight excluding hydrogens is 290 g/mol. The summed E-state index contributed by atoms with van der Waals surface area (Å²) in [4.78, 5) is 14.7. The number of aromatic nitrogens is 2. The number of para-hydroxylation sites is 1. The molecule has 0 unspecified atom stereocenters. The largest absolute Gasteiger partial charge is 0.480 e. The first-order valence-corrected chi connectivity index (χ1v) is 7.70. The first-order chi connectivity index (χ1) is 10.9. The lowest BCUT2D eigenvalue weighted by molar-refractivity contribution is 0.0980. The van der Waals surface area contributed by atoms with Gasteiger partial charge in [0.05, 0.1) is 7.11 Å². The molecule has 5 heteroatoms. The van der Waals surface area contributed by atoms with Gasteiger partial charge in [-0.15, -0.1) is 10.2 Å². The summed E-state index contributed by atoms with van der Waals surface area (Å²) in [5.74, 6) is 0.573. The fourth-order valence-electron chi connectivity index (χ4n) is 3.02. The zero-order valence-corrected chi connectivity index (χ0v) is 13.9. The SMILES string of the molecule is COc1ccc(C(=O)N2C[C@@H](C(C)(C)C)c3ccccc32)nn1. The van der Waals surface area contributed by atoms with Crippen LogP contribution in [0, 0.1) is 5.41 Å². The number of rotatable bonds is 2. The summed E-state index contributed by atoms with van der Waals surface area (Å²) < 4.78 is 4.99. The second-order valence-corrected chi connectivity index (χ2v) is 6.85. The van der Waals surface area contributed by atoms with Crippen molar-refractivity contribution in [3.8, 4) is 5.88 Å². The average molecular weight is 311 g/mol. The van der Waals surface area contributed by atoms with Crippen molar-refractivity contribution in [2.45, 2.75) is 26.7 Å². The van der Waals surface area contributed by atoms with Crippen LogP contribution in [0.15, 0.2) is 36.4 Å². The van der Waals surface area contributed by atoms with Gasteiger partial charge in [-0.2, -0.15) is 0 Å².